The van der Waals surface area contributed by atoms with E-state index in [1.165, 1.54) is 12.1 Å². The van der Waals surface area contributed by atoms with Gasteiger partial charge in [0.2, 0.25) is 10.9 Å². The fraction of sp³-hybridized carbons (Fsp3) is 0.440. The summed E-state index contributed by atoms with van der Waals surface area (Å²) in [5, 5.41) is 6.83. The third-order valence-electron chi connectivity index (χ3n) is 7.55. The minimum Gasteiger partial charge on any atom is -0.438 e. The Bertz CT molecular complexity index is 1400. The molecule has 2 amide bonds. The number of furan rings is 1. The summed E-state index contributed by atoms with van der Waals surface area (Å²) < 4.78 is 34.6. The summed E-state index contributed by atoms with van der Waals surface area (Å²) in [6.45, 7) is 0. The van der Waals surface area contributed by atoms with E-state index in [1.807, 2.05) is 35.1 Å². The largest absolute Gasteiger partial charge is 0.438 e. The molecule has 0 atom stereocenters. The van der Waals surface area contributed by atoms with Crippen molar-refractivity contribution in [1.29, 1.82) is 0 Å². The normalized spacial score (nSPS) is 23.4. The molecule has 188 valence electrons. The number of rotatable bonds is 7. The fourth-order valence-electron chi connectivity index (χ4n) is 5.33. The van der Waals surface area contributed by atoms with Crippen LogP contribution >= 0.6 is 0 Å². The predicted molar refractivity (Wildman–Crippen MR) is 128 cm³/mol. The molecule has 36 heavy (non-hydrogen) atoms. The van der Waals surface area contributed by atoms with Crippen molar-refractivity contribution >= 4 is 21.8 Å². The van der Waals surface area contributed by atoms with Gasteiger partial charge in [0.15, 0.2) is 5.76 Å². The maximum Gasteiger partial charge on any atom is 0.304 e. The molecule has 4 fully saturated rings. The molecule has 1 aromatic carbocycles. The van der Waals surface area contributed by atoms with E-state index in [0.717, 1.165) is 63.0 Å². The lowest BCUT2D eigenvalue weighted by Crippen LogP contribution is -2.53. The second-order valence-corrected chi connectivity index (χ2v) is 11.7. The van der Waals surface area contributed by atoms with Gasteiger partial charge in [0, 0.05) is 11.5 Å². The van der Waals surface area contributed by atoms with Gasteiger partial charge in [-0.25, -0.2) is 14.4 Å². The van der Waals surface area contributed by atoms with Crippen molar-refractivity contribution in [3.8, 4) is 5.69 Å². The van der Waals surface area contributed by atoms with Crippen molar-refractivity contribution < 1.29 is 22.4 Å². The first-order chi connectivity index (χ1) is 17.3. The van der Waals surface area contributed by atoms with Gasteiger partial charge in [-0.05, 0) is 81.5 Å². The zero-order valence-corrected chi connectivity index (χ0v) is 20.5. The van der Waals surface area contributed by atoms with Crippen molar-refractivity contribution in [3.63, 3.8) is 0 Å². The second kappa shape index (κ2) is 8.58. The standard InChI is InChI=1S/C25H27N5O5S/c31-23(27-25-13-10-16(11-14-25)12-15-25)19-8-9-20(35-19)36(33,34)29-24(32)21-26-22(17-6-7-17)30(28-21)18-4-2-1-3-5-18/h1-5,8-9,16-17H,6-7,10-15H2,(H,27,31)(H,29,32). The topological polar surface area (TPSA) is 136 Å². The number of fused-ring (bicyclic) bond motifs is 3. The van der Waals surface area contributed by atoms with Crippen molar-refractivity contribution in [2.24, 2.45) is 5.92 Å². The van der Waals surface area contributed by atoms with Crippen LogP contribution in [0.2, 0.25) is 0 Å². The Hall–Kier alpha value is -3.47. The molecular weight excluding hydrogens is 482 g/mol. The van der Waals surface area contributed by atoms with Crippen LogP contribution in [-0.2, 0) is 10.0 Å². The molecular formula is C25H27N5O5S. The van der Waals surface area contributed by atoms with E-state index in [9.17, 15) is 18.0 Å². The zero-order valence-electron chi connectivity index (χ0n) is 19.6. The average Bonchev–Trinajstić information content (AvgIpc) is 3.41. The highest BCUT2D eigenvalue weighted by atomic mass is 32.2. The van der Waals surface area contributed by atoms with E-state index < -0.39 is 26.9 Å². The highest BCUT2D eigenvalue weighted by Crippen LogP contribution is 2.44. The lowest BCUT2D eigenvalue weighted by atomic mass is 9.66. The van der Waals surface area contributed by atoms with Gasteiger partial charge < -0.3 is 9.73 Å². The van der Waals surface area contributed by atoms with Gasteiger partial charge in [-0.15, -0.1) is 5.10 Å². The van der Waals surface area contributed by atoms with E-state index in [1.54, 1.807) is 4.68 Å². The van der Waals surface area contributed by atoms with Gasteiger partial charge in [0.1, 0.15) is 5.82 Å². The van der Waals surface area contributed by atoms with Crippen LogP contribution in [0.5, 0.6) is 0 Å². The number of nitrogens with one attached hydrogen (secondary N) is 2. The average molecular weight is 510 g/mol. The summed E-state index contributed by atoms with van der Waals surface area (Å²) in [5.74, 6) is -0.209. The Morgan fingerprint density at radius 3 is 2.31 bits per heavy atom. The molecule has 4 aliphatic rings. The maximum absolute atomic E-state index is 12.9. The molecule has 4 aliphatic carbocycles. The summed E-state index contributed by atoms with van der Waals surface area (Å²) in [5.41, 5.74) is 0.496. The van der Waals surface area contributed by atoms with Crippen LogP contribution in [0, 0.1) is 5.92 Å². The summed E-state index contributed by atoms with van der Waals surface area (Å²) in [6.07, 6.45) is 7.94. The molecule has 11 heteroatoms. The molecule has 0 spiro atoms. The number of para-hydroxylation sites is 1. The van der Waals surface area contributed by atoms with Gasteiger partial charge in [-0.2, -0.15) is 8.42 Å². The van der Waals surface area contributed by atoms with Crippen molar-refractivity contribution in [3.05, 3.63) is 59.9 Å². The number of aromatic nitrogens is 3. The fourth-order valence-corrected chi connectivity index (χ4v) is 6.21. The molecule has 0 saturated heterocycles. The predicted octanol–water partition coefficient (Wildman–Crippen LogP) is 3.31. The van der Waals surface area contributed by atoms with Crippen LogP contribution in [-0.4, -0.2) is 40.5 Å². The number of hydrogen-bond acceptors (Lipinski definition) is 7. The van der Waals surface area contributed by atoms with Gasteiger partial charge in [0.05, 0.1) is 5.69 Å². The molecule has 7 rings (SSSR count). The molecule has 3 aromatic rings. The second-order valence-electron chi connectivity index (χ2n) is 10.1. The van der Waals surface area contributed by atoms with Crippen LogP contribution in [0.15, 0.2) is 52.0 Å². The third-order valence-corrected chi connectivity index (χ3v) is 8.75. The van der Waals surface area contributed by atoms with Crippen LogP contribution < -0.4 is 10.0 Å². The lowest BCUT2D eigenvalue weighted by molar-refractivity contribution is 0.0685. The highest BCUT2D eigenvalue weighted by Gasteiger charge is 2.42. The maximum atomic E-state index is 12.9. The SMILES string of the molecule is O=C(NS(=O)(=O)c1ccc(C(=O)NC23CCC(CC2)CC3)o1)c1nc(C2CC2)n(-c2ccccc2)n1. The number of carbonyl (C=O) groups is 2. The van der Waals surface area contributed by atoms with Crippen LogP contribution in [0.3, 0.4) is 0 Å². The smallest absolute Gasteiger partial charge is 0.304 e. The number of hydrogen-bond donors (Lipinski definition) is 2. The third kappa shape index (κ3) is 4.32. The van der Waals surface area contributed by atoms with Crippen molar-refractivity contribution in [2.75, 3.05) is 0 Å². The number of sulfonamides is 1. The number of carbonyl (C=O) groups excluding carboxylic acids is 2. The molecule has 4 saturated carbocycles. The van der Waals surface area contributed by atoms with Crippen molar-refractivity contribution in [1.82, 2.24) is 24.8 Å². The Morgan fingerprint density at radius 2 is 1.64 bits per heavy atom. The quantitative estimate of drug-likeness (QED) is 0.499. The first-order valence-electron chi connectivity index (χ1n) is 12.3. The summed E-state index contributed by atoms with van der Waals surface area (Å²) in [6, 6.07) is 11.7. The molecule has 0 aliphatic heterocycles. The van der Waals surface area contributed by atoms with Crippen LogP contribution in [0.25, 0.3) is 5.69 Å². The van der Waals surface area contributed by atoms with E-state index in [4.69, 9.17) is 4.42 Å². The van der Waals surface area contributed by atoms with Crippen LogP contribution in [0.1, 0.15) is 84.3 Å². The van der Waals surface area contributed by atoms with Crippen molar-refractivity contribution in [2.45, 2.75) is 67.9 Å². The first-order valence-corrected chi connectivity index (χ1v) is 13.8. The van der Waals surface area contributed by atoms with Crippen LogP contribution in [0.4, 0.5) is 0 Å². The summed E-state index contributed by atoms with van der Waals surface area (Å²) >= 11 is 0. The van der Waals surface area contributed by atoms with Gasteiger partial charge in [-0.1, -0.05) is 18.2 Å². The van der Waals surface area contributed by atoms with Gasteiger partial charge >= 0.3 is 5.91 Å². The minimum absolute atomic E-state index is 0.104. The van der Waals surface area contributed by atoms with Gasteiger partial charge in [-0.3, -0.25) is 9.59 Å². The van der Waals surface area contributed by atoms with Gasteiger partial charge in [0.25, 0.3) is 15.9 Å². The van der Waals surface area contributed by atoms with E-state index in [2.05, 4.69) is 15.4 Å². The molecule has 2 bridgehead atoms. The Balaban J connectivity index is 1.18. The summed E-state index contributed by atoms with van der Waals surface area (Å²) in [7, 11) is -4.37. The molecule has 0 radical (unpaired) electrons. The molecule has 2 aromatic heterocycles. The monoisotopic (exact) mass is 509 g/mol. The molecule has 2 N–H and O–H groups in total. The Kier molecular flexibility index (Phi) is 5.47. The van der Waals surface area contributed by atoms with E-state index >= 15 is 0 Å². The Morgan fingerprint density at radius 1 is 0.944 bits per heavy atom. The number of benzene rings is 1. The Labute approximate surface area is 208 Å². The molecule has 10 nitrogen and oxygen atoms in total. The molecule has 0 unspecified atom stereocenters. The minimum atomic E-state index is -4.37. The van der Waals surface area contributed by atoms with E-state index in [0.29, 0.717) is 5.82 Å². The zero-order chi connectivity index (χ0) is 24.9. The van der Waals surface area contributed by atoms with E-state index in [-0.39, 0.29) is 23.0 Å². The summed E-state index contributed by atoms with van der Waals surface area (Å²) in [4.78, 5) is 30.0. The highest BCUT2D eigenvalue weighted by molar-refractivity contribution is 7.90. The first kappa shape index (κ1) is 23.0. The lowest BCUT2D eigenvalue weighted by Gasteiger charge is -2.46. The molecule has 2 heterocycles. The number of nitrogens with zero attached hydrogens (tertiary/aromatic N) is 3. The number of amides is 2.